The van der Waals surface area contributed by atoms with E-state index in [4.69, 9.17) is 10.5 Å². The zero-order valence-electron chi connectivity index (χ0n) is 10.7. The molecule has 0 aliphatic carbocycles. The lowest BCUT2D eigenvalue weighted by Gasteiger charge is -2.14. The largest absolute Gasteiger partial charge is 0.480 e. The van der Waals surface area contributed by atoms with Crippen molar-refractivity contribution in [2.75, 3.05) is 13.1 Å². The lowest BCUT2D eigenvalue weighted by atomic mass is 10.1. The van der Waals surface area contributed by atoms with Crippen LogP contribution in [-0.2, 0) is 11.2 Å². The Kier molecular flexibility index (Phi) is 4.20. The van der Waals surface area contributed by atoms with Crippen LogP contribution in [-0.4, -0.2) is 25.1 Å². The molecule has 2 atom stereocenters. The summed E-state index contributed by atoms with van der Waals surface area (Å²) >= 11 is 0. The third-order valence-electron chi connectivity index (χ3n) is 3.22. The molecule has 1 aliphatic rings. The second-order valence-electron chi connectivity index (χ2n) is 4.85. The van der Waals surface area contributed by atoms with Crippen LogP contribution >= 0.6 is 0 Å². The van der Waals surface area contributed by atoms with Crippen LogP contribution in [0.25, 0.3) is 0 Å². The first-order valence-corrected chi connectivity index (χ1v) is 6.43. The van der Waals surface area contributed by atoms with E-state index in [1.807, 2.05) is 24.3 Å². The minimum absolute atomic E-state index is 0.0323. The molecule has 18 heavy (non-hydrogen) atoms. The normalized spacial score (nSPS) is 18.9. The molecule has 0 bridgehead atoms. The van der Waals surface area contributed by atoms with Gasteiger partial charge in [-0.25, -0.2) is 0 Å². The number of fused-ring (bicyclic) bond motifs is 1. The van der Waals surface area contributed by atoms with E-state index in [-0.39, 0.29) is 12.0 Å². The van der Waals surface area contributed by atoms with E-state index in [1.54, 1.807) is 0 Å². The molecular formula is C14H20N2O2. The summed E-state index contributed by atoms with van der Waals surface area (Å²) in [4.78, 5) is 12.0. The van der Waals surface area contributed by atoms with Gasteiger partial charge in [0.15, 0.2) is 6.10 Å². The summed E-state index contributed by atoms with van der Waals surface area (Å²) in [5.74, 6) is 1.20. The van der Waals surface area contributed by atoms with Gasteiger partial charge in [-0.2, -0.15) is 0 Å². The van der Waals surface area contributed by atoms with Gasteiger partial charge in [0, 0.05) is 13.0 Å². The summed E-state index contributed by atoms with van der Waals surface area (Å²) in [5, 5.41) is 2.92. The number of para-hydroxylation sites is 1. The average molecular weight is 248 g/mol. The SMILES string of the molecule is CC(CCN)CNC(=O)C1Cc2ccccc2O1. The third kappa shape index (κ3) is 3.01. The van der Waals surface area contributed by atoms with E-state index in [0.717, 1.165) is 17.7 Å². The van der Waals surface area contributed by atoms with Crippen LogP contribution < -0.4 is 15.8 Å². The van der Waals surface area contributed by atoms with E-state index in [9.17, 15) is 4.79 Å². The summed E-state index contributed by atoms with van der Waals surface area (Å²) in [6.07, 6.45) is 1.20. The molecule has 0 aromatic heterocycles. The van der Waals surface area contributed by atoms with E-state index in [2.05, 4.69) is 12.2 Å². The van der Waals surface area contributed by atoms with E-state index in [1.165, 1.54) is 0 Å². The standard InChI is InChI=1S/C14H20N2O2/c1-10(6-7-15)9-16-14(17)13-8-11-4-2-3-5-12(11)18-13/h2-5,10,13H,6-9,15H2,1H3,(H,16,17). The second kappa shape index (κ2) is 5.87. The van der Waals surface area contributed by atoms with Crippen molar-refractivity contribution in [3.8, 4) is 5.75 Å². The van der Waals surface area contributed by atoms with Gasteiger partial charge in [-0.05, 0) is 30.5 Å². The van der Waals surface area contributed by atoms with Crippen LogP contribution in [0.15, 0.2) is 24.3 Å². The molecule has 1 aromatic carbocycles. The van der Waals surface area contributed by atoms with Crippen molar-refractivity contribution < 1.29 is 9.53 Å². The van der Waals surface area contributed by atoms with Crippen molar-refractivity contribution in [1.29, 1.82) is 0 Å². The van der Waals surface area contributed by atoms with Crippen LogP contribution in [0.3, 0.4) is 0 Å². The number of amides is 1. The molecule has 1 aliphatic heterocycles. The number of carbonyl (C=O) groups excluding carboxylic acids is 1. The fourth-order valence-corrected chi connectivity index (χ4v) is 2.10. The van der Waals surface area contributed by atoms with Gasteiger partial charge in [-0.1, -0.05) is 25.1 Å². The zero-order chi connectivity index (χ0) is 13.0. The number of hydrogen-bond donors (Lipinski definition) is 2. The summed E-state index contributed by atoms with van der Waals surface area (Å²) < 4.78 is 5.62. The number of carbonyl (C=O) groups is 1. The minimum Gasteiger partial charge on any atom is -0.480 e. The number of hydrogen-bond acceptors (Lipinski definition) is 3. The lowest BCUT2D eigenvalue weighted by Crippen LogP contribution is -2.39. The van der Waals surface area contributed by atoms with Gasteiger partial charge in [0.05, 0.1) is 0 Å². The fourth-order valence-electron chi connectivity index (χ4n) is 2.10. The number of nitrogens with one attached hydrogen (secondary N) is 1. The Morgan fingerprint density at radius 1 is 1.56 bits per heavy atom. The molecular weight excluding hydrogens is 228 g/mol. The summed E-state index contributed by atoms with van der Waals surface area (Å²) in [5.41, 5.74) is 6.58. The molecule has 0 saturated carbocycles. The Morgan fingerprint density at radius 3 is 3.06 bits per heavy atom. The molecule has 2 rings (SSSR count). The summed E-state index contributed by atoms with van der Waals surface area (Å²) in [7, 11) is 0. The van der Waals surface area contributed by atoms with Crippen molar-refractivity contribution in [1.82, 2.24) is 5.32 Å². The lowest BCUT2D eigenvalue weighted by molar-refractivity contribution is -0.127. The topological polar surface area (TPSA) is 64.3 Å². The van der Waals surface area contributed by atoms with Crippen LogP contribution in [0.2, 0.25) is 0 Å². The van der Waals surface area contributed by atoms with E-state index in [0.29, 0.717) is 25.4 Å². The van der Waals surface area contributed by atoms with E-state index >= 15 is 0 Å². The highest BCUT2D eigenvalue weighted by molar-refractivity contribution is 5.82. The second-order valence-corrected chi connectivity index (χ2v) is 4.85. The Morgan fingerprint density at radius 2 is 2.33 bits per heavy atom. The molecule has 0 saturated heterocycles. The Hall–Kier alpha value is -1.55. The highest BCUT2D eigenvalue weighted by atomic mass is 16.5. The van der Waals surface area contributed by atoms with Crippen molar-refractivity contribution in [3.05, 3.63) is 29.8 Å². The Bertz CT molecular complexity index is 395. The first kappa shape index (κ1) is 12.9. The van der Waals surface area contributed by atoms with Crippen molar-refractivity contribution in [3.63, 3.8) is 0 Å². The maximum Gasteiger partial charge on any atom is 0.261 e. The minimum atomic E-state index is -0.382. The van der Waals surface area contributed by atoms with Gasteiger partial charge in [0.2, 0.25) is 0 Å². The summed E-state index contributed by atoms with van der Waals surface area (Å²) in [6.45, 7) is 3.39. The number of rotatable bonds is 5. The number of benzene rings is 1. The van der Waals surface area contributed by atoms with Crippen molar-refractivity contribution in [2.24, 2.45) is 11.7 Å². The molecule has 2 unspecified atom stereocenters. The monoisotopic (exact) mass is 248 g/mol. The van der Waals surface area contributed by atoms with Gasteiger partial charge < -0.3 is 15.8 Å². The molecule has 0 fully saturated rings. The highest BCUT2D eigenvalue weighted by Crippen LogP contribution is 2.28. The Labute approximate surface area is 108 Å². The van der Waals surface area contributed by atoms with Crippen molar-refractivity contribution in [2.45, 2.75) is 25.9 Å². The molecule has 1 heterocycles. The first-order valence-electron chi connectivity index (χ1n) is 6.43. The zero-order valence-corrected chi connectivity index (χ0v) is 10.7. The molecule has 0 spiro atoms. The molecule has 1 aromatic rings. The smallest absolute Gasteiger partial charge is 0.261 e. The highest BCUT2D eigenvalue weighted by Gasteiger charge is 2.28. The van der Waals surface area contributed by atoms with Crippen LogP contribution in [0.1, 0.15) is 18.9 Å². The molecule has 1 amide bonds. The van der Waals surface area contributed by atoms with Gasteiger partial charge >= 0.3 is 0 Å². The van der Waals surface area contributed by atoms with Gasteiger partial charge in [0.25, 0.3) is 5.91 Å². The third-order valence-corrected chi connectivity index (χ3v) is 3.22. The van der Waals surface area contributed by atoms with Gasteiger partial charge in [-0.15, -0.1) is 0 Å². The molecule has 4 nitrogen and oxygen atoms in total. The first-order chi connectivity index (χ1) is 8.70. The molecule has 4 heteroatoms. The van der Waals surface area contributed by atoms with Crippen molar-refractivity contribution >= 4 is 5.91 Å². The molecule has 0 radical (unpaired) electrons. The quantitative estimate of drug-likeness (QED) is 0.820. The maximum absolute atomic E-state index is 12.0. The Balaban J connectivity index is 1.82. The number of ether oxygens (including phenoxy) is 1. The molecule has 98 valence electrons. The van der Waals surface area contributed by atoms with E-state index < -0.39 is 0 Å². The van der Waals surface area contributed by atoms with Gasteiger partial charge in [0.1, 0.15) is 5.75 Å². The summed E-state index contributed by atoms with van der Waals surface area (Å²) in [6, 6.07) is 7.79. The maximum atomic E-state index is 12.0. The fraction of sp³-hybridized carbons (Fsp3) is 0.500. The number of nitrogens with two attached hydrogens (primary N) is 1. The molecule has 3 N–H and O–H groups in total. The van der Waals surface area contributed by atoms with Crippen LogP contribution in [0.4, 0.5) is 0 Å². The van der Waals surface area contributed by atoms with Gasteiger partial charge in [-0.3, -0.25) is 4.79 Å². The predicted molar refractivity (Wildman–Crippen MR) is 70.4 cm³/mol. The predicted octanol–water partition coefficient (Wildman–Crippen LogP) is 1.09. The van der Waals surface area contributed by atoms with Crippen LogP contribution in [0, 0.1) is 5.92 Å². The average Bonchev–Trinajstić information content (AvgIpc) is 2.80. The van der Waals surface area contributed by atoms with Crippen LogP contribution in [0.5, 0.6) is 5.75 Å².